The summed E-state index contributed by atoms with van der Waals surface area (Å²) in [5, 5.41) is 12.0. The van der Waals surface area contributed by atoms with Gasteiger partial charge >= 0.3 is 0 Å². The molecule has 1 saturated heterocycles. The maximum absolute atomic E-state index is 12.8. The van der Waals surface area contributed by atoms with Crippen LogP contribution in [0.5, 0.6) is 5.75 Å². The van der Waals surface area contributed by atoms with Crippen LogP contribution in [0.25, 0.3) is 6.08 Å². The Morgan fingerprint density at radius 1 is 1.03 bits per heavy atom. The molecule has 0 radical (unpaired) electrons. The normalized spacial score (nSPS) is 14.5. The topological polar surface area (TPSA) is 102 Å². The molecular weight excluding hydrogens is 478 g/mol. The van der Waals surface area contributed by atoms with Gasteiger partial charge in [0.25, 0.3) is 17.5 Å². The molecule has 0 atom stereocenters. The van der Waals surface area contributed by atoms with Crippen LogP contribution in [-0.2, 0) is 16.2 Å². The molecule has 1 fully saturated rings. The zero-order valence-electron chi connectivity index (χ0n) is 16.5. The lowest BCUT2D eigenvalue weighted by Crippen LogP contribution is -2.35. The first-order valence-electron chi connectivity index (χ1n) is 9.50. The molecule has 4 rings (SSSR count). The second kappa shape index (κ2) is 9.03. The molecule has 3 aromatic carbocycles. The van der Waals surface area contributed by atoms with E-state index in [9.17, 15) is 19.7 Å². The molecule has 0 unspecified atom stereocenters. The number of para-hydroxylation sites is 1. The number of hydrogen-bond donors (Lipinski definition) is 1. The molecule has 0 aliphatic carbocycles. The van der Waals surface area contributed by atoms with Crippen molar-refractivity contribution < 1.29 is 19.2 Å². The second-order valence-corrected chi connectivity index (χ2v) is 7.79. The highest BCUT2D eigenvalue weighted by Crippen LogP contribution is 2.29. The predicted octanol–water partition coefficient (Wildman–Crippen LogP) is 4.40. The zero-order valence-corrected chi connectivity index (χ0v) is 18.1. The lowest BCUT2D eigenvalue weighted by atomic mass is 10.1. The summed E-state index contributed by atoms with van der Waals surface area (Å²) in [4.78, 5) is 35.7. The lowest BCUT2D eigenvalue weighted by molar-refractivity contribution is -0.384. The fourth-order valence-corrected chi connectivity index (χ4v) is 3.49. The van der Waals surface area contributed by atoms with Crippen molar-refractivity contribution >= 4 is 45.2 Å². The SMILES string of the molecule is O=C1NN(c2ccccc2)C(=O)/C1=C\c1cc(Br)ccc1OCc1ccc([N+](=O)[O-])cc1. The Labute approximate surface area is 191 Å². The lowest BCUT2D eigenvalue weighted by Gasteiger charge is -2.14. The summed E-state index contributed by atoms with van der Waals surface area (Å²) in [5.41, 5.74) is 4.37. The van der Waals surface area contributed by atoms with Crippen molar-refractivity contribution in [2.75, 3.05) is 5.01 Å². The number of hydrazine groups is 1. The molecule has 1 aliphatic rings. The van der Waals surface area contributed by atoms with Gasteiger partial charge in [-0.15, -0.1) is 0 Å². The number of non-ortho nitro benzene ring substituents is 1. The molecular formula is C23H16BrN3O5. The van der Waals surface area contributed by atoms with E-state index in [1.54, 1.807) is 54.6 Å². The van der Waals surface area contributed by atoms with Crippen LogP contribution >= 0.6 is 15.9 Å². The summed E-state index contributed by atoms with van der Waals surface area (Å²) in [6, 6.07) is 20.1. The quantitative estimate of drug-likeness (QED) is 0.237. The number of hydrogen-bond acceptors (Lipinski definition) is 5. The molecule has 160 valence electrons. The first-order valence-corrected chi connectivity index (χ1v) is 10.3. The van der Waals surface area contributed by atoms with E-state index in [2.05, 4.69) is 21.4 Å². The predicted molar refractivity (Wildman–Crippen MR) is 122 cm³/mol. The number of nitro groups is 1. The minimum Gasteiger partial charge on any atom is -0.488 e. The van der Waals surface area contributed by atoms with Crippen LogP contribution in [0.2, 0.25) is 0 Å². The fraction of sp³-hybridized carbons (Fsp3) is 0.0435. The number of rotatable bonds is 6. The average molecular weight is 494 g/mol. The van der Waals surface area contributed by atoms with E-state index in [0.29, 0.717) is 17.0 Å². The molecule has 3 aromatic rings. The van der Waals surface area contributed by atoms with Gasteiger partial charge in [-0.3, -0.25) is 25.1 Å². The van der Waals surface area contributed by atoms with Crippen LogP contribution in [0.1, 0.15) is 11.1 Å². The molecule has 0 saturated carbocycles. The molecule has 8 nitrogen and oxygen atoms in total. The Morgan fingerprint density at radius 2 is 1.75 bits per heavy atom. The van der Waals surface area contributed by atoms with E-state index in [1.165, 1.54) is 23.2 Å². The second-order valence-electron chi connectivity index (χ2n) is 6.87. The summed E-state index contributed by atoms with van der Waals surface area (Å²) < 4.78 is 6.63. The molecule has 0 spiro atoms. The third-order valence-corrected chi connectivity index (χ3v) is 5.21. The Balaban J connectivity index is 1.58. The number of ether oxygens (including phenoxy) is 1. The van der Waals surface area contributed by atoms with Gasteiger partial charge in [0, 0.05) is 22.2 Å². The van der Waals surface area contributed by atoms with E-state index in [1.807, 2.05) is 6.07 Å². The third kappa shape index (κ3) is 4.52. The number of carbonyl (C=O) groups is 2. The van der Waals surface area contributed by atoms with Gasteiger partial charge in [0.1, 0.15) is 17.9 Å². The molecule has 1 N–H and O–H groups in total. The highest BCUT2D eigenvalue weighted by molar-refractivity contribution is 9.10. The number of anilines is 1. The van der Waals surface area contributed by atoms with Gasteiger partial charge < -0.3 is 4.74 Å². The Kier molecular flexibility index (Phi) is 6.00. The van der Waals surface area contributed by atoms with E-state index < -0.39 is 16.7 Å². The van der Waals surface area contributed by atoms with Gasteiger partial charge in [0.05, 0.1) is 10.6 Å². The standard InChI is InChI=1S/C23H16BrN3O5/c24-17-8-11-21(32-14-15-6-9-19(10-7-15)27(30)31)16(12-17)13-20-22(28)25-26(23(20)29)18-4-2-1-3-5-18/h1-13H,14H2,(H,25,28)/b20-13-. The van der Waals surface area contributed by atoms with Crippen molar-refractivity contribution in [3.05, 3.63) is 104 Å². The monoisotopic (exact) mass is 493 g/mol. The van der Waals surface area contributed by atoms with E-state index in [-0.39, 0.29) is 17.9 Å². The first kappa shape index (κ1) is 21.3. The van der Waals surface area contributed by atoms with Crippen molar-refractivity contribution in [1.29, 1.82) is 0 Å². The maximum atomic E-state index is 12.8. The van der Waals surface area contributed by atoms with Crippen LogP contribution < -0.4 is 15.2 Å². The van der Waals surface area contributed by atoms with E-state index >= 15 is 0 Å². The Bertz CT molecular complexity index is 1230. The molecule has 32 heavy (non-hydrogen) atoms. The van der Waals surface area contributed by atoms with Gasteiger partial charge in [-0.05, 0) is 54.1 Å². The first-order chi connectivity index (χ1) is 15.4. The number of carbonyl (C=O) groups excluding carboxylic acids is 2. The third-order valence-electron chi connectivity index (χ3n) is 4.72. The molecule has 1 aliphatic heterocycles. The summed E-state index contributed by atoms with van der Waals surface area (Å²) in [6.07, 6.45) is 1.48. The van der Waals surface area contributed by atoms with Gasteiger partial charge in [-0.1, -0.05) is 34.1 Å². The minimum absolute atomic E-state index is 0.00320. The van der Waals surface area contributed by atoms with Crippen molar-refractivity contribution in [2.45, 2.75) is 6.61 Å². The molecule has 1 heterocycles. The van der Waals surface area contributed by atoms with Gasteiger partial charge in [0.2, 0.25) is 0 Å². The number of amides is 2. The molecule has 0 bridgehead atoms. The van der Waals surface area contributed by atoms with Crippen LogP contribution in [0, 0.1) is 10.1 Å². The van der Waals surface area contributed by atoms with Gasteiger partial charge in [-0.25, -0.2) is 5.01 Å². The fourth-order valence-electron chi connectivity index (χ4n) is 3.11. The van der Waals surface area contributed by atoms with Crippen molar-refractivity contribution in [3.63, 3.8) is 0 Å². The van der Waals surface area contributed by atoms with Crippen molar-refractivity contribution in [2.24, 2.45) is 0 Å². The number of nitro benzene ring substituents is 1. The highest BCUT2D eigenvalue weighted by atomic mass is 79.9. The number of benzene rings is 3. The Hall–Kier alpha value is -3.98. The van der Waals surface area contributed by atoms with E-state index in [0.717, 1.165) is 10.0 Å². The Morgan fingerprint density at radius 3 is 2.44 bits per heavy atom. The molecule has 0 aromatic heterocycles. The summed E-state index contributed by atoms with van der Waals surface area (Å²) >= 11 is 3.40. The van der Waals surface area contributed by atoms with Crippen LogP contribution in [0.15, 0.2) is 82.8 Å². The van der Waals surface area contributed by atoms with Crippen LogP contribution in [0.4, 0.5) is 11.4 Å². The zero-order chi connectivity index (χ0) is 22.7. The smallest absolute Gasteiger partial charge is 0.282 e. The van der Waals surface area contributed by atoms with Crippen LogP contribution in [-0.4, -0.2) is 16.7 Å². The van der Waals surface area contributed by atoms with Gasteiger partial charge in [0.15, 0.2) is 0 Å². The summed E-state index contributed by atoms with van der Waals surface area (Å²) in [5.74, 6) is -0.527. The summed E-state index contributed by atoms with van der Waals surface area (Å²) in [6.45, 7) is 0.159. The maximum Gasteiger partial charge on any atom is 0.282 e. The average Bonchev–Trinajstić information content (AvgIpc) is 3.08. The largest absolute Gasteiger partial charge is 0.488 e. The number of nitrogens with zero attached hydrogens (tertiary/aromatic N) is 2. The van der Waals surface area contributed by atoms with Crippen LogP contribution in [0.3, 0.4) is 0 Å². The number of nitrogens with one attached hydrogen (secondary N) is 1. The van der Waals surface area contributed by atoms with Crippen molar-refractivity contribution in [3.8, 4) is 5.75 Å². The van der Waals surface area contributed by atoms with E-state index in [4.69, 9.17) is 4.74 Å². The highest BCUT2D eigenvalue weighted by Gasteiger charge is 2.34. The van der Waals surface area contributed by atoms with Crippen molar-refractivity contribution in [1.82, 2.24) is 5.43 Å². The molecule has 9 heteroatoms. The number of halogens is 1. The molecule has 2 amide bonds. The minimum atomic E-state index is -0.514. The summed E-state index contributed by atoms with van der Waals surface area (Å²) in [7, 11) is 0. The van der Waals surface area contributed by atoms with Gasteiger partial charge in [-0.2, -0.15) is 0 Å².